The number of aliphatic hydroxyl groups is 1. The van der Waals surface area contributed by atoms with Crippen LogP contribution in [0.2, 0.25) is 0 Å². The zero-order valence-electron chi connectivity index (χ0n) is 13.0. The highest BCUT2D eigenvalue weighted by Crippen LogP contribution is 2.11. The van der Waals surface area contributed by atoms with Crippen molar-refractivity contribution in [1.82, 2.24) is 0 Å². The van der Waals surface area contributed by atoms with E-state index < -0.39 is 6.10 Å². The van der Waals surface area contributed by atoms with Crippen LogP contribution in [-0.2, 0) is 9.57 Å². The van der Waals surface area contributed by atoms with Crippen molar-refractivity contribution < 1.29 is 14.7 Å². The first-order chi connectivity index (χ1) is 11.3. The third-order valence-corrected chi connectivity index (χ3v) is 3.06. The molecular formula is C19H21NO3. The molecule has 4 nitrogen and oxygen atoms in total. The van der Waals surface area contributed by atoms with Gasteiger partial charge in [-0.1, -0.05) is 71.9 Å². The van der Waals surface area contributed by atoms with Crippen molar-refractivity contribution >= 4 is 5.71 Å². The summed E-state index contributed by atoms with van der Waals surface area (Å²) >= 11 is 0. The molecule has 2 aromatic rings. The van der Waals surface area contributed by atoms with Gasteiger partial charge in [0, 0.05) is 11.1 Å². The van der Waals surface area contributed by atoms with Crippen molar-refractivity contribution in [2.24, 2.45) is 5.16 Å². The normalized spacial score (nSPS) is 11.5. The smallest absolute Gasteiger partial charge is 0.145 e. The van der Waals surface area contributed by atoms with Crippen molar-refractivity contribution in [2.75, 3.05) is 19.8 Å². The van der Waals surface area contributed by atoms with Gasteiger partial charge in [0.15, 0.2) is 0 Å². The molecule has 2 rings (SSSR count). The van der Waals surface area contributed by atoms with E-state index in [0.29, 0.717) is 6.61 Å². The van der Waals surface area contributed by atoms with Crippen LogP contribution in [0.1, 0.15) is 11.1 Å². The average Bonchev–Trinajstić information content (AvgIpc) is 2.60. The molecule has 0 bridgehead atoms. The number of hydrogen-bond acceptors (Lipinski definition) is 4. The molecule has 1 unspecified atom stereocenters. The fraction of sp³-hybridized carbons (Fsp3) is 0.211. The van der Waals surface area contributed by atoms with Crippen molar-refractivity contribution in [1.29, 1.82) is 0 Å². The van der Waals surface area contributed by atoms with Crippen LogP contribution in [0.3, 0.4) is 0 Å². The Hall–Kier alpha value is -2.43. The number of ether oxygens (including phenoxy) is 1. The van der Waals surface area contributed by atoms with Crippen LogP contribution in [0.25, 0.3) is 0 Å². The second-order valence-electron chi connectivity index (χ2n) is 4.95. The maximum Gasteiger partial charge on any atom is 0.145 e. The Kier molecular flexibility index (Phi) is 7.04. The minimum Gasteiger partial charge on any atom is -0.392 e. The van der Waals surface area contributed by atoms with E-state index >= 15 is 0 Å². The molecule has 0 aliphatic heterocycles. The van der Waals surface area contributed by atoms with Gasteiger partial charge in [0.25, 0.3) is 0 Å². The summed E-state index contributed by atoms with van der Waals surface area (Å²) in [5, 5.41) is 14.0. The minimum atomic E-state index is -0.730. The van der Waals surface area contributed by atoms with Crippen LogP contribution in [0.5, 0.6) is 0 Å². The SMILES string of the molecule is C=CCOCC(O)CON=C(c1ccccc1)c1ccccc1. The molecule has 4 heteroatoms. The Morgan fingerprint density at radius 1 is 1.00 bits per heavy atom. The van der Waals surface area contributed by atoms with Crippen LogP contribution in [0.4, 0.5) is 0 Å². The fourth-order valence-corrected chi connectivity index (χ4v) is 1.99. The first-order valence-corrected chi connectivity index (χ1v) is 7.48. The van der Waals surface area contributed by atoms with E-state index in [9.17, 15) is 5.11 Å². The number of hydrogen-bond donors (Lipinski definition) is 1. The van der Waals surface area contributed by atoms with Crippen molar-refractivity contribution in [3.05, 3.63) is 84.4 Å². The lowest BCUT2D eigenvalue weighted by molar-refractivity contribution is -0.0114. The summed E-state index contributed by atoms with van der Waals surface area (Å²) in [6.07, 6.45) is 0.903. The zero-order chi connectivity index (χ0) is 16.3. The Bertz CT molecular complexity index is 570. The van der Waals surface area contributed by atoms with E-state index in [-0.39, 0.29) is 13.2 Å². The van der Waals surface area contributed by atoms with Gasteiger partial charge in [-0.3, -0.25) is 0 Å². The Balaban J connectivity index is 2.04. The van der Waals surface area contributed by atoms with Crippen LogP contribution < -0.4 is 0 Å². The largest absolute Gasteiger partial charge is 0.392 e. The van der Waals surface area contributed by atoms with Crippen LogP contribution >= 0.6 is 0 Å². The minimum absolute atomic E-state index is 0.0698. The molecule has 23 heavy (non-hydrogen) atoms. The van der Waals surface area contributed by atoms with Gasteiger partial charge in [0.05, 0.1) is 13.2 Å². The van der Waals surface area contributed by atoms with Gasteiger partial charge in [-0.15, -0.1) is 6.58 Å². The summed E-state index contributed by atoms with van der Waals surface area (Å²) in [6.45, 7) is 4.21. The molecular weight excluding hydrogens is 290 g/mol. The summed E-state index contributed by atoms with van der Waals surface area (Å²) in [6, 6.07) is 19.6. The predicted octanol–water partition coefficient (Wildman–Crippen LogP) is 3.02. The van der Waals surface area contributed by atoms with E-state index in [2.05, 4.69) is 11.7 Å². The Labute approximate surface area is 136 Å². The molecule has 0 spiro atoms. The summed E-state index contributed by atoms with van der Waals surface area (Å²) in [5.74, 6) is 0. The van der Waals surface area contributed by atoms with Gasteiger partial charge < -0.3 is 14.7 Å². The molecule has 120 valence electrons. The zero-order valence-corrected chi connectivity index (χ0v) is 13.0. The quantitative estimate of drug-likeness (QED) is 0.335. The molecule has 1 atom stereocenters. The predicted molar refractivity (Wildman–Crippen MR) is 91.5 cm³/mol. The third-order valence-electron chi connectivity index (χ3n) is 3.06. The number of rotatable bonds is 9. The maximum absolute atomic E-state index is 9.78. The van der Waals surface area contributed by atoms with Crippen molar-refractivity contribution in [3.8, 4) is 0 Å². The van der Waals surface area contributed by atoms with Gasteiger partial charge in [0.1, 0.15) is 18.4 Å². The number of aliphatic hydroxyl groups excluding tert-OH is 1. The van der Waals surface area contributed by atoms with E-state index in [0.717, 1.165) is 16.8 Å². The molecule has 0 heterocycles. The Morgan fingerprint density at radius 3 is 2.09 bits per heavy atom. The van der Waals surface area contributed by atoms with E-state index in [1.165, 1.54) is 0 Å². The summed E-state index contributed by atoms with van der Waals surface area (Å²) < 4.78 is 5.17. The van der Waals surface area contributed by atoms with E-state index in [1.807, 2.05) is 60.7 Å². The summed E-state index contributed by atoms with van der Waals surface area (Å²) in [7, 11) is 0. The lowest BCUT2D eigenvalue weighted by Gasteiger charge is -2.11. The molecule has 0 saturated carbocycles. The van der Waals surface area contributed by atoms with Gasteiger partial charge >= 0.3 is 0 Å². The average molecular weight is 311 g/mol. The fourth-order valence-electron chi connectivity index (χ4n) is 1.99. The lowest BCUT2D eigenvalue weighted by Crippen LogP contribution is -2.21. The highest BCUT2D eigenvalue weighted by atomic mass is 16.6. The van der Waals surface area contributed by atoms with Crippen LogP contribution in [-0.4, -0.2) is 36.7 Å². The topological polar surface area (TPSA) is 51.0 Å². The third kappa shape index (κ3) is 5.70. The molecule has 0 saturated heterocycles. The first kappa shape index (κ1) is 16.9. The molecule has 0 fully saturated rings. The van der Waals surface area contributed by atoms with Gasteiger partial charge in [0.2, 0.25) is 0 Å². The van der Waals surface area contributed by atoms with Gasteiger partial charge in [-0.25, -0.2) is 0 Å². The molecule has 2 aromatic carbocycles. The Morgan fingerprint density at radius 2 is 1.57 bits per heavy atom. The first-order valence-electron chi connectivity index (χ1n) is 7.48. The lowest BCUT2D eigenvalue weighted by atomic mass is 10.0. The van der Waals surface area contributed by atoms with Crippen LogP contribution in [0.15, 0.2) is 78.5 Å². The second kappa shape index (κ2) is 9.56. The standard InChI is InChI=1S/C19H21NO3/c1-2-13-22-14-18(21)15-23-20-19(16-9-5-3-6-10-16)17-11-7-4-8-12-17/h2-12,18,21H,1,13-15H2. The summed E-state index contributed by atoms with van der Waals surface area (Å²) in [5.41, 5.74) is 2.64. The van der Waals surface area contributed by atoms with E-state index in [1.54, 1.807) is 6.08 Å². The molecule has 0 aliphatic carbocycles. The van der Waals surface area contributed by atoms with Gasteiger partial charge in [-0.2, -0.15) is 0 Å². The number of benzene rings is 2. The molecule has 0 aliphatic rings. The molecule has 0 radical (unpaired) electrons. The van der Waals surface area contributed by atoms with Crippen molar-refractivity contribution in [3.63, 3.8) is 0 Å². The van der Waals surface area contributed by atoms with Crippen LogP contribution in [0, 0.1) is 0 Å². The molecule has 0 aromatic heterocycles. The number of oxime groups is 1. The number of nitrogens with zero attached hydrogens (tertiary/aromatic N) is 1. The second-order valence-corrected chi connectivity index (χ2v) is 4.95. The van der Waals surface area contributed by atoms with E-state index in [4.69, 9.17) is 9.57 Å². The highest BCUT2D eigenvalue weighted by molar-refractivity contribution is 6.12. The van der Waals surface area contributed by atoms with Crippen molar-refractivity contribution in [2.45, 2.75) is 6.10 Å². The van der Waals surface area contributed by atoms with Gasteiger partial charge in [-0.05, 0) is 0 Å². The summed E-state index contributed by atoms with van der Waals surface area (Å²) in [4.78, 5) is 5.33. The maximum atomic E-state index is 9.78. The molecule has 0 amide bonds. The monoisotopic (exact) mass is 311 g/mol. The molecule has 1 N–H and O–H groups in total. The highest BCUT2D eigenvalue weighted by Gasteiger charge is 2.09.